The second-order valence-corrected chi connectivity index (χ2v) is 7.04. The molecule has 1 aromatic heterocycles. The molecular weight excluding hydrogens is 340 g/mol. The second kappa shape index (κ2) is 8.21. The van der Waals surface area contributed by atoms with Crippen LogP contribution in [0.5, 0.6) is 0 Å². The van der Waals surface area contributed by atoms with Crippen molar-refractivity contribution >= 4 is 45.2 Å². The monoisotopic (exact) mass is 358 g/mol. The molecule has 0 atom stereocenters. The van der Waals surface area contributed by atoms with Gasteiger partial charge in [0, 0.05) is 23.5 Å². The van der Waals surface area contributed by atoms with Crippen LogP contribution >= 0.6 is 27.3 Å². The molecule has 0 aliphatic carbocycles. The minimum atomic E-state index is -0.157. The van der Waals surface area contributed by atoms with E-state index in [2.05, 4.69) is 21.2 Å². The zero-order chi connectivity index (χ0) is 15.1. The van der Waals surface area contributed by atoms with Crippen molar-refractivity contribution in [3.8, 4) is 0 Å². The first-order chi connectivity index (χ1) is 9.42. The highest BCUT2D eigenvalue weighted by Gasteiger charge is 2.13. The zero-order valence-corrected chi connectivity index (χ0v) is 14.3. The van der Waals surface area contributed by atoms with Gasteiger partial charge in [0.25, 0.3) is 0 Å². The number of thiophene rings is 1. The summed E-state index contributed by atoms with van der Waals surface area (Å²) in [5.41, 5.74) is 0. The molecule has 6 heteroatoms. The largest absolute Gasteiger partial charge is 0.352 e. The molecule has 0 unspecified atom stereocenters. The summed E-state index contributed by atoms with van der Waals surface area (Å²) in [6.45, 7) is 6.24. The molecule has 2 amide bonds. The quantitative estimate of drug-likeness (QED) is 0.794. The number of carbonyl (C=O) groups excluding carboxylic acids is 2. The van der Waals surface area contributed by atoms with E-state index in [9.17, 15) is 9.59 Å². The van der Waals surface area contributed by atoms with Crippen molar-refractivity contribution in [2.24, 2.45) is 0 Å². The number of hydrogen-bond acceptors (Lipinski definition) is 3. The first kappa shape index (κ1) is 16.9. The van der Waals surface area contributed by atoms with Crippen molar-refractivity contribution in [2.45, 2.75) is 26.8 Å². The van der Waals surface area contributed by atoms with Gasteiger partial charge >= 0.3 is 0 Å². The molecule has 1 N–H and O–H groups in total. The number of hydrogen-bond donors (Lipinski definition) is 1. The smallest absolute Gasteiger partial charge is 0.247 e. The highest BCUT2D eigenvalue weighted by molar-refractivity contribution is 9.11. The van der Waals surface area contributed by atoms with Gasteiger partial charge in [-0.25, -0.2) is 0 Å². The van der Waals surface area contributed by atoms with Crippen molar-refractivity contribution in [3.05, 3.63) is 26.9 Å². The predicted octanol–water partition coefficient (Wildman–Crippen LogP) is 2.90. The molecule has 0 aliphatic heterocycles. The molecule has 1 aromatic rings. The van der Waals surface area contributed by atoms with Crippen LogP contribution in [-0.2, 0) is 9.59 Å². The first-order valence-electron chi connectivity index (χ1n) is 6.44. The van der Waals surface area contributed by atoms with Crippen LogP contribution in [-0.4, -0.2) is 35.8 Å². The van der Waals surface area contributed by atoms with Crippen molar-refractivity contribution in [2.75, 3.05) is 13.1 Å². The molecule has 110 valence electrons. The van der Waals surface area contributed by atoms with Crippen molar-refractivity contribution < 1.29 is 9.59 Å². The van der Waals surface area contributed by atoms with Gasteiger partial charge < -0.3 is 10.2 Å². The molecule has 0 saturated carbocycles. The normalized spacial score (nSPS) is 11.1. The maximum atomic E-state index is 12.0. The highest BCUT2D eigenvalue weighted by Crippen LogP contribution is 2.22. The van der Waals surface area contributed by atoms with Gasteiger partial charge in [-0.1, -0.05) is 0 Å². The Labute approximate surface area is 132 Å². The van der Waals surface area contributed by atoms with E-state index in [0.717, 1.165) is 8.66 Å². The molecule has 0 fully saturated rings. The first-order valence-corrected chi connectivity index (χ1v) is 8.05. The second-order valence-electron chi connectivity index (χ2n) is 4.55. The van der Waals surface area contributed by atoms with Crippen LogP contribution in [0.2, 0.25) is 0 Å². The molecule has 1 rings (SSSR count). The van der Waals surface area contributed by atoms with Gasteiger partial charge in [-0.2, -0.15) is 0 Å². The lowest BCUT2D eigenvalue weighted by Gasteiger charge is -2.19. The molecule has 0 saturated heterocycles. The molecular formula is C14H19BrN2O2S. The van der Waals surface area contributed by atoms with Gasteiger partial charge in [0.1, 0.15) is 0 Å². The van der Waals surface area contributed by atoms with Crippen LogP contribution in [0.3, 0.4) is 0 Å². The summed E-state index contributed by atoms with van der Waals surface area (Å²) in [6.07, 6.45) is 3.27. The fourth-order valence-electron chi connectivity index (χ4n) is 1.56. The Balaban J connectivity index is 2.58. The molecule has 0 aromatic carbocycles. The highest BCUT2D eigenvalue weighted by atomic mass is 79.9. The van der Waals surface area contributed by atoms with E-state index in [0.29, 0.717) is 6.54 Å². The molecule has 20 heavy (non-hydrogen) atoms. The maximum Gasteiger partial charge on any atom is 0.247 e. The number of nitrogens with zero attached hydrogens (tertiary/aromatic N) is 1. The molecule has 4 nitrogen and oxygen atoms in total. The summed E-state index contributed by atoms with van der Waals surface area (Å²) in [6, 6.07) is 3.94. The molecule has 0 spiro atoms. The third kappa shape index (κ3) is 5.88. The van der Waals surface area contributed by atoms with Gasteiger partial charge in [0.05, 0.1) is 10.3 Å². The lowest BCUT2D eigenvalue weighted by atomic mass is 10.3. The number of halogens is 1. The Morgan fingerprint density at radius 3 is 2.65 bits per heavy atom. The summed E-state index contributed by atoms with van der Waals surface area (Å²) >= 11 is 4.92. The standard InChI is InChI=1S/C14H19BrN2O2S/c1-4-17(9-13(18)16-10(2)3)14(19)8-6-11-5-7-12(15)20-11/h5-8,10H,4,9H2,1-3H3,(H,16,18)/b8-6+. The number of nitrogens with one attached hydrogen (secondary N) is 1. The number of likely N-dealkylation sites (N-methyl/N-ethyl adjacent to an activating group) is 1. The van der Waals surface area contributed by atoms with Gasteiger partial charge in [-0.3, -0.25) is 9.59 Å². The van der Waals surface area contributed by atoms with E-state index in [4.69, 9.17) is 0 Å². The van der Waals surface area contributed by atoms with Crippen LogP contribution in [0.1, 0.15) is 25.6 Å². The third-order valence-electron chi connectivity index (χ3n) is 2.46. The number of rotatable bonds is 6. The Hall–Kier alpha value is -1.14. The third-order valence-corrected chi connectivity index (χ3v) is 4.05. The summed E-state index contributed by atoms with van der Waals surface area (Å²) < 4.78 is 1.02. The van der Waals surface area contributed by atoms with Crippen molar-refractivity contribution in [1.82, 2.24) is 10.2 Å². The topological polar surface area (TPSA) is 49.4 Å². The lowest BCUT2D eigenvalue weighted by molar-refractivity contribution is -0.132. The maximum absolute atomic E-state index is 12.0. The van der Waals surface area contributed by atoms with Gasteiger partial charge in [-0.05, 0) is 54.9 Å². The van der Waals surface area contributed by atoms with Gasteiger partial charge in [0.15, 0.2) is 0 Å². The van der Waals surface area contributed by atoms with Crippen LogP contribution in [0.25, 0.3) is 6.08 Å². The van der Waals surface area contributed by atoms with E-state index in [1.165, 1.54) is 11.0 Å². The summed E-state index contributed by atoms with van der Waals surface area (Å²) in [5, 5.41) is 2.78. The van der Waals surface area contributed by atoms with Gasteiger partial charge in [0.2, 0.25) is 11.8 Å². The molecule has 1 heterocycles. The Morgan fingerprint density at radius 2 is 2.15 bits per heavy atom. The van der Waals surface area contributed by atoms with Crippen LogP contribution < -0.4 is 5.32 Å². The molecule has 0 aliphatic rings. The van der Waals surface area contributed by atoms with E-state index in [1.807, 2.05) is 32.9 Å². The number of amides is 2. The fourth-order valence-corrected chi connectivity index (χ4v) is 2.89. The fraction of sp³-hybridized carbons (Fsp3) is 0.429. The Morgan fingerprint density at radius 1 is 1.45 bits per heavy atom. The summed E-state index contributed by atoms with van der Waals surface area (Å²) in [7, 11) is 0. The average molecular weight is 359 g/mol. The minimum Gasteiger partial charge on any atom is -0.352 e. The van der Waals surface area contributed by atoms with Crippen LogP contribution in [0.15, 0.2) is 22.0 Å². The molecule has 0 bridgehead atoms. The van der Waals surface area contributed by atoms with Gasteiger partial charge in [-0.15, -0.1) is 11.3 Å². The minimum absolute atomic E-state index is 0.0790. The SMILES string of the molecule is CCN(CC(=O)NC(C)C)C(=O)/C=C/c1ccc(Br)s1. The average Bonchev–Trinajstić information content (AvgIpc) is 2.78. The van der Waals surface area contributed by atoms with E-state index < -0.39 is 0 Å². The predicted molar refractivity (Wildman–Crippen MR) is 86.6 cm³/mol. The van der Waals surface area contributed by atoms with E-state index in [-0.39, 0.29) is 24.4 Å². The van der Waals surface area contributed by atoms with E-state index in [1.54, 1.807) is 17.4 Å². The number of carbonyl (C=O) groups is 2. The van der Waals surface area contributed by atoms with E-state index >= 15 is 0 Å². The molecule has 0 radical (unpaired) electrons. The van der Waals surface area contributed by atoms with Crippen LogP contribution in [0, 0.1) is 0 Å². The van der Waals surface area contributed by atoms with Crippen LogP contribution in [0.4, 0.5) is 0 Å². The lowest BCUT2D eigenvalue weighted by Crippen LogP contribution is -2.42. The zero-order valence-electron chi connectivity index (χ0n) is 11.9. The summed E-state index contributed by atoms with van der Waals surface area (Å²) in [4.78, 5) is 26.2. The van der Waals surface area contributed by atoms with Crippen molar-refractivity contribution in [3.63, 3.8) is 0 Å². The summed E-state index contributed by atoms with van der Waals surface area (Å²) in [5.74, 6) is -0.293. The Kier molecular flexibility index (Phi) is 6.95. The Bertz CT molecular complexity index is 497. The van der Waals surface area contributed by atoms with Crippen molar-refractivity contribution in [1.29, 1.82) is 0 Å².